The van der Waals surface area contributed by atoms with Gasteiger partial charge in [-0.3, -0.25) is 19.7 Å². The van der Waals surface area contributed by atoms with Gasteiger partial charge in [-0.1, -0.05) is 18.2 Å². The molecule has 1 N–H and O–H groups in total. The van der Waals surface area contributed by atoms with Crippen LogP contribution in [0.4, 0.5) is 5.69 Å². The van der Waals surface area contributed by atoms with E-state index >= 15 is 0 Å². The van der Waals surface area contributed by atoms with Crippen molar-refractivity contribution in [2.75, 3.05) is 0 Å². The van der Waals surface area contributed by atoms with Crippen LogP contribution in [0.1, 0.15) is 33.4 Å². The van der Waals surface area contributed by atoms with Crippen LogP contribution in [0, 0.1) is 10.1 Å². The van der Waals surface area contributed by atoms with E-state index < -0.39 is 16.9 Å². The van der Waals surface area contributed by atoms with Crippen molar-refractivity contribution < 1.29 is 14.5 Å². The molecule has 0 saturated heterocycles. The molecule has 22 heavy (non-hydrogen) atoms. The smallest absolute Gasteiger partial charge is 0.282 e. The van der Waals surface area contributed by atoms with Crippen molar-refractivity contribution in [3.8, 4) is 0 Å². The van der Waals surface area contributed by atoms with E-state index in [2.05, 4.69) is 5.32 Å². The van der Waals surface area contributed by atoms with Crippen LogP contribution in [0.15, 0.2) is 41.8 Å². The lowest BCUT2D eigenvalue weighted by Crippen LogP contribution is -2.34. The Labute approximate surface area is 130 Å². The lowest BCUT2D eigenvalue weighted by molar-refractivity contribution is -0.385. The Morgan fingerprint density at radius 2 is 2.00 bits per heavy atom. The third-order valence-corrected chi connectivity index (χ3v) is 3.92. The maximum atomic E-state index is 12.1. The summed E-state index contributed by atoms with van der Waals surface area (Å²) in [5.74, 6) is -0.621. The number of nitro benzene ring substituents is 1. The van der Waals surface area contributed by atoms with E-state index in [1.54, 1.807) is 25.1 Å². The molecule has 1 aromatic carbocycles. The van der Waals surface area contributed by atoms with Gasteiger partial charge < -0.3 is 5.32 Å². The van der Waals surface area contributed by atoms with Crippen molar-refractivity contribution in [3.63, 3.8) is 0 Å². The maximum Gasteiger partial charge on any atom is 0.282 e. The van der Waals surface area contributed by atoms with E-state index in [4.69, 9.17) is 0 Å². The standard InChI is InChI=1S/C15H14N2O4S/c1-10(9-13(18)14-7-4-8-22-14)16-15(19)11-5-2-3-6-12(11)17(20)21/h2-8,10H,9H2,1H3,(H,16,19)/t10-/m0/s1. The molecule has 1 aromatic heterocycles. The predicted molar refractivity (Wildman–Crippen MR) is 83.3 cm³/mol. The lowest BCUT2D eigenvalue weighted by Gasteiger charge is -2.12. The number of rotatable bonds is 6. The van der Waals surface area contributed by atoms with Gasteiger partial charge in [-0.2, -0.15) is 0 Å². The number of carbonyl (C=O) groups is 2. The van der Waals surface area contributed by atoms with E-state index in [-0.39, 0.29) is 23.5 Å². The molecule has 0 radical (unpaired) electrons. The number of carbonyl (C=O) groups excluding carboxylic acids is 2. The van der Waals surface area contributed by atoms with Crippen molar-refractivity contribution in [3.05, 3.63) is 62.3 Å². The zero-order valence-electron chi connectivity index (χ0n) is 11.8. The fourth-order valence-corrected chi connectivity index (χ4v) is 2.67. The van der Waals surface area contributed by atoms with Gasteiger partial charge in [0, 0.05) is 18.5 Å². The second-order valence-electron chi connectivity index (χ2n) is 4.75. The first kappa shape index (κ1) is 15.8. The summed E-state index contributed by atoms with van der Waals surface area (Å²) in [6, 6.07) is 8.82. The second-order valence-corrected chi connectivity index (χ2v) is 5.70. The summed E-state index contributed by atoms with van der Waals surface area (Å²) in [6.07, 6.45) is 0.146. The molecular weight excluding hydrogens is 304 g/mol. The highest BCUT2D eigenvalue weighted by atomic mass is 32.1. The highest BCUT2D eigenvalue weighted by Crippen LogP contribution is 2.18. The molecule has 1 amide bonds. The molecule has 1 heterocycles. The summed E-state index contributed by atoms with van der Waals surface area (Å²) in [6.45, 7) is 1.69. The third-order valence-electron chi connectivity index (χ3n) is 3.01. The molecule has 0 aliphatic rings. The molecule has 0 aliphatic heterocycles. The number of hydrogen-bond donors (Lipinski definition) is 1. The van der Waals surface area contributed by atoms with Gasteiger partial charge in [0.05, 0.1) is 9.80 Å². The van der Waals surface area contributed by atoms with Crippen molar-refractivity contribution in [1.82, 2.24) is 5.32 Å². The van der Waals surface area contributed by atoms with Crippen LogP contribution in [-0.2, 0) is 0 Å². The molecule has 2 aromatic rings. The Hall–Kier alpha value is -2.54. The molecule has 114 valence electrons. The van der Waals surface area contributed by atoms with Gasteiger partial charge in [-0.25, -0.2) is 0 Å². The number of thiophene rings is 1. The maximum absolute atomic E-state index is 12.1. The van der Waals surface area contributed by atoms with E-state index in [1.165, 1.54) is 29.5 Å². The summed E-state index contributed by atoms with van der Waals surface area (Å²) in [7, 11) is 0. The van der Waals surface area contributed by atoms with Crippen LogP contribution in [-0.4, -0.2) is 22.7 Å². The first-order chi connectivity index (χ1) is 10.5. The highest BCUT2D eigenvalue weighted by Gasteiger charge is 2.21. The van der Waals surface area contributed by atoms with Crippen molar-refractivity contribution in [2.24, 2.45) is 0 Å². The van der Waals surface area contributed by atoms with E-state index in [0.29, 0.717) is 4.88 Å². The van der Waals surface area contributed by atoms with Crippen molar-refractivity contribution in [2.45, 2.75) is 19.4 Å². The minimum absolute atomic E-state index is 0.0112. The van der Waals surface area contributed by atoms with Crippen LogP contribution in [0.3, 0.4) is 0 Å². The minimum Gasteiger partial charge on any atom is -0.349 e. The molecule has 0 spiro atoms. The summed E-state index contributed by atoms with van der Waals surface area (Å²) in [5.41, 5.74) is -0.264. The van der Waals surface area contributed by atoms with Crippen molar-refractivity contribution >= 4 is 28.7 Å². The molecule has 0 aliphatic carbocycles. The van der Waals surface area contributed by atoms with Gasteiger partial charge >= 0.3 is 0 Å². The van der Waals surface area contributed by atoms with Gasteiger partial charge in [-0.15, -0.1) is 11.3 Å². The van der Waals surface area contributed by atoms with Gasteiger partial charge in [0.2, 0.25) is 0 Å². The van der Waals surface area contributed by atoms with Gasteiger partial charge in [0.15, 0.2) is 5.78 Å². The summed E-state index contributed by atoms with van der Waals surface area (Å²) in [4.78, 5) is 35.0. The van der Waals surface area contributed by atoms with Crippen LogP contribution < -0.4 is 5.32 Å². The molecule has 6 nitrogen and oxygen atoms in total. The molecular formula is C15H14N2O4S. The first-order valence-electron chi connectivity index (χ1n) is 6.60. The molecule has 2 rings (SSSR count). The number of hydrogen-bond acceptors (Lipinski definition) is 5. The Morgan fingerprint density at radius 3 is 2.64 bits per heavy atom. The molecule has 0 unspecified atom stereocenters. The average molecular weight is 318 g/mol. The Morgan fingerprint density at radius 1 is 1.27 bits per heavy atom. The molecule has 0 bridgehead atoms. The minimum atomic E-state index is -0.601. The number of amides is 1. The van der Waals surface area contributed by atoms with Crippen LogP contribution >= 0.6 is 11.3 Å². The summed E-state index contributed by atoms with van der Waals surface area (Å²) in [5, 5.41) is 15.4. The molecule has 7 heteroatoms. The fraction of sp³-hybridized carbons (Fsp3) is 0.200. The zero-order valence-corrected chi connectivity index (χ0v) is 12.6. The zero-order chi connectivity index (χ0) is 16.1. The molecule has 1 atom stereocenters. The fourth-order valence-electron chi connectivity index (χ4n) is 1.99. The van der Waals surface area contributed by atoms with Crippen LogP contribution in [0.5, 0.6) is 0 Å². The quantitative estimate of drug-likeness (QED) is 0.503. The van der Waals surface area contributed by atoms with E-state index in [1.807, 2.05) is 5.38 Å². The topological polar surface area (TPSA) is 89.3 Å². The number of nitro groups is 1. The number of ketones is 1. The monoisotopic (exact) mass is 318 g/mol. The number of benzene rings is 1. The first-order valence-corrected chi connectivity index (χ1v) is 7.48. The number of para-hydroxylation sites is 1. The molecule has 0 fully saturated rings. The summed E-state index contributed by atoms with van der Waals surface area (Å²) >= 11 is 1.34. The lowest BCUT2D eigenvalue weighted by atomic mass is 10.1. The number of Topliss-reactive ketones (excluding diaryl/α,β-unsaturated/α-hetero) is 1. The van der Waals surface area contributed by atoms with Crippen LogP contribution in [0.2, 0.25) is 0 Å². The van der Waals surface area contributed by atoms with Gasteiger partial charge in [-0.05, 0) is 24.4 Å². The predicted octanol–water partition coefficient (Wildman–Crippen LogP) is 3.05. The van der Waals surface area contributed by atoms with Crippen LogP contribution in [0.25, 0.3) is 0 Å². The SMILES string of the molecule is C[C@@H](CC(=O)c1cccs1)NC(=O)c1ccccc1[N+](=O)[O-]. The van der Waals surface area contributed by atoms with E-state index in [9.17, 15) is 19.7 Å². The van der Waals surface area contributed by atoms with Gasteiger partial charge in [0.25, 0.3) is 11.6 Å². The third kappa shape index (κ3) is 3.76. The Kier molecular flexibility index (Phi) is 5.00. The highest BCUT2D eigenvalue weighted by molar-refractivity contribution is 7.12. The average Bonchev–Trinajstić information content (AvgIpc) is 3.01. The second kappa shape index (κ2) is 6.95. The van der Waals surface area contributed by atoms with E-state index in [0.717, 1.165) is 0 Å². The number of nitrogens with zero attached hydrogens (tertiary/aromatic N) is 1. The molecule has 0 saturated carbocycles. The largest absolute Gasteiger partial charge is 0.349 e. The normalized spacial score (nSPS) is 11.7. The number of nitrogens with one attached hydrogen (secondary N) is 1. The summed E-state index contributed by atoms with van der Waals surface area (Å²) < 4.78 is 0. The Bertz CT molecular complexity index is 697. The van der Waals surface area contributed by atoms with Crippen molar-refractivity contribution in [1.29, 1.82) is 0 Å². The Balaban J connectivity index is 2.03. The van der Waals surface area contributed by atoms with Gasteiger partial charge in [0.1, 0.15) is 5.56 Å².